The summed E-state index contributed by atoms with van der Waals surface area (Å²) in [6.45, 7) is 1.71. The number of aromatic nitrogens is 1. The van der Waals surface area contributed by atoms with Crippen LogP contribution in [0.5, 0.6) is 0 Å². The minimum atomic E-state index is -3.54. The van der Waals surface area contributed by atoms with Crippen molar-refractivity contribution in [2.24, 2.45) is 0 Å². The molecule has 0 fully saturated rings. The van der Waals surface area contributed by atoms with E-state index < -0.39 is 10.0 Å². The van der Waals surface area contributed by atoms with Crippen LogP contribution in [0.2, 0.25) is 0 Å². The highest BCUT2D eigenvalue weighted by Crippen LogP contribution is 2.20. The fraction of sp³-hybridized carbons (Fsp3) is 0.250. The average Bonchev–Trinajstić information content (AvgIpc) is 3.03. The van der Waals surface area contributed by atoms with Crippen LogP contribution in [0.1, 0.15) is 15.4 Å². The van der Waals surface area contributed by atoms with Crippen molar-refractivity contribution in [1.29, 1.82) is 0 Å². The normalized spacial score (nSPS) is 11.1. The van der Waals surface area contributed by atoms with Gasteiger partial charge >= 0.3 is 0 Å². The molecule has 0 aromatic carbocycles. The molecule has 106 valence electrons. The first kappa shape index (κ1) is 15.2. The summed E-state index contributed by atoms with van der Waals surface area (Å²) in [7, 11) is -3.54. The van der Waals surface area contributed by atoms with E-state index in [4.69, 9.17) is 5.11 Å². The Morgan fingerprint density at radius 2 is 2.30 bits per heavy atom. The van der Waals surface area contributed by atoms with Gasteiger partial charge in [0.2, 0.25) is 0 Å². The Bertz CT molecular complexity index is 750. The molecule has 0 radical (unpaired) electrons. The zero-order chi connectivity index (χ0) is 14.6. The third-order valence-electron chi connectivity index (χ3n) is 2.34. The summed E-state index contributed by atoms with van der Waals surface area (Å²) in [5, 5.41) is 11.2. The van der Waals surface area contributed by atoms with Gasteiger partial charge in [0.15, 0.2) is 4.21 Å². The summed E-state index contributed by atoms with van der Waals surface area (Å²) in [5.74, 6) is 5.34. The van der Waals surface area contributed by atoms with Crippen LogP contribution in [0.25, 0.3) is 0 Å². The van der Waals surface area contributed by atoms with Crippen LogP contribution in [0.3, 0.4) is 0 Å². The van der Waals surface area contributed by atoms with E-state index in [0.29, 0.717) is 5.01 Å². The predicted octanol–water partition coefficient (Wildman–Crippen LogP) is 1.34. The largest absolute Gasteiger partial charge is 0.384 e. The molecule has 2 N–H and O–H groups in total. The molecule has 0 unspecified atom stereocenters. The summed E-state index contributed by atoms with van der Waals surface area (Å²) < 4.78 is 26.8. The second kappa shape index (κ2) is 6.47. The van der Waals surface area contributed by atoms with E-state index in [2.05, 4.69) is 21.5 Å². The lowest BCUT2D eigenvalue weighted by Gasteiger charge is -2.03. The van der Waals surface area contributed by atoms with Gasteiger partial charge in [0.05, 0.1) is 11.2 Å². The molecule has 2 rings (SSSR count). The van der Waals surface area contributed by atoms with Gasteiger partial charge in [0, 0.05) is 17.0 Å². The first-order valence-corrected chi connectivity index (χ1v) is 8.79. The maximum atomic E-state index is 12.1. The maximum absolute atomic E-state index is 12.1. The molecular formula is C12H12N2O3S3. The standard InChI is InChI=1S/C12H12N2O3S3/c1-9-13-8-12(19-9)20(16,17)14-7-11-10(3-2-5-15)4-6-18-11/h4,6,8,14-15H,5,7H2,1H3. The smallest absolute Gasteiger partial charge is 0.252 e. The number of hydrogen-bond acceptors (Lipinski definition) is 6. The minimum absolute atomic E-state index is 0.173. The molecular weight excluding hydrogens is 316 g/mol. The number of sulfonamides is 1. The summed E-state index contributed by atoms with van der Waals surface area (Å²) in [6.07, 6.45) is 1.35. The Labute approximate surface area is 125 Å². The molecule has 0 aliphatic carbocycles. The van der Waals surface area contributed by atoms with E-state index in [9.17, 15) is 8.42 Å². The SMILES string of the molecule is Cc1ncc(S(=O)(=O)NCc2sccc2C#CCO)s1. The van der Waals surface area contributed by atoms with Crippen molar-refractivity contribution in [3.63, 3.8) is 0 Å². The summed E-state index contributed by atoms with van der Waals surface area (Å²) >= 11 is 2.55. The lowest BCUT2D eigenvalue weighted by atomic mass is 10.2. The maximum Gasteiger partial charge on any atom is 0.252 e. The number of aliphatic hydroxyl groups is 1. The second-order valence-electron chi connectivity index (χ2n) is 3.74. The van der Waals surface area contributed by atoms with Crippen molar-refractivity contribution in [1.82, 2.24) is 9.71 Å². The monoisotopic (exact) mass is 328 g/mol. The Hall–Kier alpha value is -1.24. The molecule has 0 bridgehead atoms. The zero-order valence-electron chi connectivity index (χ0n) is 10.6. The van der Waals surface area contributed by atoms with Crippen molar-refractivity contribution in [3.8, 4) is 11.8 Å². The summed E-state index contributed by atoms with van der Waals surface area (Å²) in [4.78, 5) is 4.75. The number of thiophene rings is 1. The highest BCUT2D eigenvalue weighted by molar-refractivity contribution is 7.91. The number of thiazole rings is 1. The van der Waals surface area contributed by atoms with Crippen molar-refractivity contribution in [2.45, 2.75) is 17.7 Å². The Morgan fingerprint density at radius 3 is 2.95 bits per heavy atom. The first-order chi connectivity index (χ1) is 9.53. The highest BCUT2D eigenvalue weighted by atomic mass is 32.2. The molecule has 0 saturated heterocycles. The average molecular weight is 328 g/mol. The third kappa shape index (κ3) is 3.65. The van der Waals surface area contributed by atoms with Gasteiger partial charge in [0.1, 0.15) is 6.61 Å². The van der Waals surface area contributed by atoms with E-state index in [1.54, 1.807) is 13.0 Å². The van der Waals surface area contributed by atoms with Gasteiger partial charge in [-0.2, -0.15) is 0 Å². The topological polar surface area (TPSA) is 79.3 Å². The molecule has 2 heterocycles. The number of nitrogens with zero attached hydrogens (tertiary/aromatic N) is 1. The second-order valence-corrected chi connectivity index (χ2v) is 7.97. The van der Waals surface area contributed by atoms with E-state index in [1.165, 1.54) is 17.5 Å². The van der Waals surface area contributed by atoms with E-state index in [1.807, 2.05) is 5.38 Å². The van der Waals surface area contributed by atoms with Crippen LogP contribution in [-0.4, -0.2) is 25.1 Å². The van der Waals surface area contributed by atoms with Gasteiger partial charge in [-0.3, -0.25) is 0 Å². The van der Waals surface area contributed by atoms with Crippen LogP contribution >= 0.6 is 22.7 Å². The van der Waals surface area contributed by atoms with Gasteiger partial charge in [-0.1, -0.05) is 11.8 Å². The molecule has 0 aliphatic heterocycles. The quantitative estimate of drug-likeness (QED) is 0.830. The molecule has 8 heteroatoms. The number of aryl methyl sites for hydroxylation is 1. The van der Waals surface area contributed by atoms with Gasteiger partial charge in [-0.15, -0.1) is 22.7 Å². The summed E-state index contributed by atoms with van der Waals surface area (Å²) in [6, 6.07) is 1.80. The first-order valence-electron chi connectivity index (χ1n) is 5.61. The van der Waals surface area contributed by atoms with Gasteiger partial charge in [0.25, 0.3) is 10.0 Å². The van der Waals surface area contributed by atoms with Crippen molar-refractivity contribution >= 4 is 32.7 Å². The van der Waals surface area contributed by atoms with Crippen LogP contribution < -0.4 is 4.72 Å². The van der Waals surface area contributed by atoms with Gasteiger partial charge in [-0.05, 0) is 18.4 Å². The number of hydrogen-bond donors (Lipinski definition) is 2. The Kier molecular flexibility index (Phi) is 4.91. The van der Waals surface area contributed by atoms with Gasteiger partial charge in [-0.25, -0.2) is 18.1 Å². The van der Waals surface area contributed by atoms with Crippen LogP contribution in [0, 0.1) is 18.8 Å². The zero-order valence-corrected chi connectivity index (χ0v) is 13.0. The number of rotatable bonds is 4. The number of aliphatic hydroxyl groups excluding tert-OH is 1. The summed E-state index contributed by atoms with van der Waals surface area (Å²) in [5.41, 5.74) is 0.729. The van der Waals surface area contributed by atoms with Crippen LogP contribution in [0.15, 0.2) is 21.9 Å². The van der Waals surface area contributed by atoms with E-state index in [0.717, 1.165) is 21.8 Å². The number of nitrogens with one attached hydrogen (secondary N) is 1. The molecule has 0 aliphatic rings. The van der Waals surface area contributed by atoms with Crippen LogP contribution in [-0.2, 0) is 16.6 Å². The lowest BCUT2D eigenvalue weighted by Crippen LogP contribution is -2.22. The third-order valence-corrected chi connectivity index (χ3v) is 6.03. The van der Waals surface area contributed by atoms with Crippen molar-refractivity contribution in [3.05, 3.63) is 33.1 Å². The Balaban J connectivity index is 2.11. The molecule has 2 aromatic rings. The lowest BCUT2D eigenvalue weighted by molar-refractivity contribution is 0.350. The van der Waals surface area contributed by atoms with Crippen LogP contribution in [0.4, 0.5) is 0 Å². The molecule has 0 saturated carbocycles. The molecule has 2 aromatic heterocycles. The Morgan fingerprint density at radius 1 is 1.50 bits per heavy atom. The highest BCUT2D eigenvalue weighted by Gasteiger charge is 2.17. The molecule has 0 atom stereocenters. The fourth-order valence-corrected chi connectivity index (χ4v) is 4.43. The molecule has 20 heavy (non-hydrogen) atoms. The molecule has 0 amide bonds. The van der Waals surface area contributed by atoms with E-state index in [-0.39, 0.29) is 17.4 Å². The van der Waals surface area contributed by atoms with Crippen molar-refractivity contribution < 1.29 is 13.5 Å². The van der Waals surface area contributed by atoms with Gasteiger partial charge < -0.3 is 5.11 Å². The predicted molar refractivity (Wildman–Crippen MR) is 79.2 cm³/mol. The van der Waals surface area contributed by atoms with E-state index >= 15 is 0 Å². The fourth-order valence-electron chi connectivity index (χ4n) is 1.42. The minimum Gasteiger partial charge on any atom is -0.384 e. The molecule has 5 nitrogen and oxygen atoms in total. The van der Waals surface area contributed by atoms with Crippen molar-refractivity contribution in [2.75, 3.05) is 6.61 Å². The molecule has 0 spiro atoms.